The lowest BCUT2D eigenvalue weighted by Crippen LogP contribution is -1.81. The topological polar surface area (TPSA) is 0 Å². The first-order chi connectivity index (χ1) is 3.63. The SMILES string of the molecule is CC(C)=CCC(Cl)Cl. The van der Waals surface area contributed by atoms with Crippen molar-refractivity contribution in [2.24, 2.45) is 0 Å². The van der Waals surface area contributed by atoms with Crippen molar-refractivity contribution in [3.63, 3.8) is 0 Å². The molecule has 0 aliphatic heterocycles. The Morgan fingerprint density at radius 3 is 2.12 bits per heavy atom. The molecule has 0 aliphatic rings. The highest BCUT2D eigenvalue weighted by Gasteiger charge is 1.91. The number of hydrogen-bond donors (Lipinski definition) is 0. The summed E-state index contributed by atoms with van der Waals surface area (Å²) in [4.78, 5) is -0.245. The fourth-order valence-electron chi connectivity index (χ4n) is 0.325. The maximum atomic E-state index is 5.44. The van der Waals surface area contributed by atoms with Crippen molar-refractivity contribution in [3.8, 4) is 0 Å². The highest BCUT2D eigenvalue weighted by atomic mass is 35.5. The molecule has 0 unspecified atom stereocenters. The molecule has 0 saturated carbocycles. The van der Waals surface area contributed by atoms with Crippen LogP contribution in [0.2, 0.25) is 0 Å². The van der Waals surface area contributed by atoms with E-state index in [1.807, 2.05) is 19.9 Å². The van der Waals surface area contributed by atoms with Gasteiger partial charge in [-0.15, -0.1) is 23.2 Å². The number of rotatable bonds is 2. The first-order valence-corrected chi connectivity index (χ1v) is 3.41. The van der Waals surface area contributed by atoms with Gasteiger partial charge in [0.2, 0.25) is 0 Å². The Hall–Kier alpha value is 0.320. The molecule has 2 heteroatoms. The van der Waals surface area contributed by atoms with E-state index in [9.17, 15) is 0 Å². The van der Waals surface area contributed by atoms with E-state index in [1.54, 1.807) is 0 Å². The molecule has 0 rings (SSSR count). The fourth-order valence-corrected chi connectivity index (χ4v) is 0.503. The standard InChI is InChI=1S/C6H10Cl2/c1-5(2)3-4-6(7)8/h3,6H,4H2,1-2H3. The van der Waals surface area contributed by atoms with Crippen LogP contribution >= 0.6 is 23.2 Å². The molecule has 0 aromatic rings. The lowest BCUT2D eigenvalue weighted by Gasteiger charge is -1.92. The summed E-state index contributed by atoms with van der Waals surface area (Å²) in [6.45, 7) is 4.05. The summed E-state index contributed by atoms with van der Waals surface area (Å²) in [6.07, 6.45) is 2.77. The van der Waals surface area contributed by atoms with Gasteiger partial charge in [-0.2, -0.15) is 0 Å². The number of halogens is 2. The van der Waals surface area contributed by atoms with Crippen LogP contribution in [0.3, 0.4) is 0 Å². The third kappa shape index (κ3) is 6.32. The van der Waals surface area contributed by atoms with Crippen LogP contribution < -0.4 is 0 Å². The van der Waals surface area contributed by atoms with Gasteiger partial charge in [0.05, 0.1) is 0 Å². The van der Waals surface area contributed by atoms with E-state index < -0.39 is 0 Å². The smallest absolute Gasteiger partial charge is 0.105 e. The maximum absolute atomic E-state index is 5.44. The van der Waals surface area contributed by atoms with E-state index in [0.29, 0.717) is 0 Å². The lowest BCUT2D eigenvalue weighted by molar-refractivity contribution is 1.12. The van der Waals surface area contributed by atoms with Gasteiger partial charge in [-0.05, 0) is 20.3 Å². The Bertz CT molecular complexity index is 80.5. The first kappa shape index (κ1) is 8.32. The second-order valence-corrected chi connectivity index (χ2v) is 3.19. The van der Waals surface area contributed by atoms with Gasteiger partial charge in [0.25, 0.3) is 0 Å². The quantitative estimate of drug-likeness (QED) is 0.422. The molecule has 0 nitrogen and oxygen atoms in total. The second kappa shape index (κ2) is 4.22. The summed E-state index contributed by atoms with van der Waals surface area (Å²) in [7, 11) is 0. The maximum Gasteiger partial charge on any atom is 0.111 e. The average Bonchev–Trinajstić information content (AvgIpc) is 1.61. The van der Waals surface area contributed by atoms with Crippen LogP contribution in [0, 0.1) is 0 Å². The summed E-state index contributed by atoms with van der Waals surface area (Å²) < 4.78 is 0. The van der Waals surface area contributed by atoms with Crippen LogP contribution in [-0.4, -0.2) is 4.84 Å². The molecule has 0 N–H and O–H groups in total. The predicted octanol–water partition coefficient (Wildman–Crippen LogP) is 3.15. The molecular weight excluding hydrogens is 143 g/mol. The zero-order chi connectivity index (χ0) is 6.57. The summed E-state index contributed by atoms with van der Waals surface area (Å²) >= 11 is 10.9. The number of allylic oxidation sites excluding steroid dienone is 2. The highest BCUT2D eigenvalue weighted by molar-refractivity contribution is 6.44. The summed E-state index contributed by atoms with van der Waals surface area (Å²) in [5.74, 6) is 0. The van der Waals surface area contributed by atoms with Gasteiger partial charge in [-0.25, -0.2) is 0 Å². The Morgan fingerprint density at radius 1 is 1.50 bits per heavy atom. The third-order valence-corrected chi connectivity index (χ3v) is 1.06. The van der Waals surface area contributed by atoms with Crippen LogP contribution in [0.4, 0.5) is 0 Å². The zero-order valence-electron chi connectivity index (χ0n) is 5.12. The molecule has 0 atom stereocenters. The molecule has 0 aromatic heterocycles. The third-order valence-electron chi connectivity index (χ3n) is 0.704. The van der Waals surface area contributed by atoms with Crippen molar-refractivity contribution in [2.45, 2.75) is 25.1 Å². The van der Waals surface area contributed by atoms with E-state index in [4.69, 9.17) is 23.2 Å². The normalized spacial score (nSPS) is 9.62. The minimum atomic E-state index is -0.245. The van der Waals surface area contributed by atoms with Gasteiger partial charge in [0.15, 0.2) is 0 Å². The average molecular weight is 153 g/mol. The molecule has 0 aromatic carbocycles. The van der Waals surface area contributed by atoms with Crippen molar-refractivity contribution in [1.29, 1.82) is 0 Å². The van der Waals surface area contributed by atoms with E-state index in [0.717, 1.165) is 6.42 Å². The molecule has 0 fully saturated rings. The van der Waals surface area contributed by atoms with Gasteiger partial charge in [0.1, 0.15) is 4.84 Å². The van der Waals surface area contributed by atoms with Crippen molar-refractivity contribution >= 4 is 23.2 Å². The van der Waals surface area contributed by atoms with Crippen LogP contribution in [-0.2, 0) is 0 Å². The van der Waals surface area contributed by atoms with Gasteiger partial charge >= 0.3 is 0 Å². The molecule has 48 valence electrons. The van der Waals surface area contributed by atoms with Gasteiger partial charge in [-0.3, -0.25) is 0 Å². The number of hydrogen-bond acceptors (Lipinski definition) is 0. The summed E-state index contributed by atoms with van der Waals surface area (Å²) in [5.41, 5.74) is 1.26. The fraction of sp³-hybridized carbons (Fsp3) is 0.667. The van der Waals surface area contributed by atoms with Crippen LogP contribution in [0.5, 0.6) is 0 Å². The van der Waals surface area contributed by atoms with E-state index >= 15 is 0 Å². The predicted molar refractivity (Wildman–Crippen MR) is 39.5 cm³/mol. The zero-order valence-corrected chi connectivity index (χ0v) is 6.63. The van der Waals surface area contributed by atoms with Gasteiger partial charge in [0, 0.05) is 0 Å². The van der Waals surface area contributed by atoms with E-state index in [-0.39, 0.29) is 4.84 Å². The summed E-state index contributed by atoms with van der Waals surface area (Å²) in [5, 5.41) is 0. The second-order valence-electron chi connectivity index (χ2n) is 1.91. The first-order valence-electron chi connectivity index (χ1n) is 2.54. The molecule has 0 bridgehead atoms. The molecular formula is C6H10Cl2. The lowest BCUT2D eigenvalue weighted by atomic mass is 10.3. The molecule has 0 spiro atoms. The van der Waals surface area contributed by atoms with Crippen LogP contribution in [0.1, 0.15) is 20.3 Å². The largest absolute Gasteiger partial charge is 0.111 e. The van der Waals surface area contributed by atoms with Crippen molar-refractivity contribution in [3.05, 3.63) is 11.6 Å². The molecule has 0 saturated heterocycles. The summed E-state index contributed by atoms with van der Waals surface area (Å²) in [6, 6.07) is 0. The van der Waals surface area contributed by atoms with Crippen molar-refractivity contribution < 1.29 is 0 Å². The Balaban J connectivity index is 3.29. The van der Waals surface area contributed by atoms with Gasteiger partial charge in [-0.1, -0.05) is 11.6 Å². The van der Waals surface area contributed by atoms with Crippen molar-refractivity contribution in [2.75, 3.05) is 0 Å². The number of alkyl halides is 2. The molecule has 8 heavy (non-hydrogen) atoms. The molecule has 0 heterocycles. The van der Waals surface area contributed by atoms with E-state index in [1.165, 1.54) is 5.57 Å². The molecule has 0 amide bonds. The Morgan fingerprint density at radius 2 is 2.00 bits per heavy atom. The van der Waals surface area contributed by atoms with E-state index in [2.05, 4.69) is 0 Å². The molecule has 0 aliphatic carbocycles. The van der Waals surface area contributed by atoms with Gasteiger partial charge < -0.3 is 0 Å². The van der Waals surface area contributed by atoms with Crippen molar-refractivity contribution in [1.82, 2.24) is 0 Å². The Kier molecular flexibility index (Phi) is 4.39. The minimum absolute atomic E-state index is 0.245. The monoisotopic (exact) mass is 152 g/mol. The van der Waals surface area contributed by atoms with Crippen LogP contribution in [0.25, 0.3) is 0 Å². The Labute approximate surface area is 60.5 Å². The molecule has 0 radical (unpaired) electrons. The highest BCUT2D eigenvalue weighted by Crippen LogP contribution is 2.08. The minimum Gasteiger partial charge on any atom is -0.105 e. The van der Waals surface area contributed by atoms with Crippen LogP contribution in [0.15, 0.2) is 11.6 Å².